The van der Waals surface area contributed by atoms with Crippen molar-refractivity contribution in [1.82, 2.24) is 15.5 Å². The molecule has 0 radical (unpaired) electrons. The zero-order valence-corrected chi connectivity index (χ0v) is 13.4. The van der Waals surface area contributed by atoms with E-state index in [0.29, 0.717) is 35.6 Å². The van der Waals surface area contributed by atoms with Crippen LogP contribution < -0.4 is 10.6 Å². The summed E-state index contributed by atoms with van der Waals surface area (Å²) in [5, 5.41) is 9.54. The van der Waals surface area contributed by atoms with Gasteiger partial charge in [0, 0.05) is 17.8 Å². The highest BCUT2D eigenvalue weighted by Crippen LogP contribution is 2.24. The van der Waals surface area contributed by atoms with Crippen molar-refractivity contribution in [3.05, 3.63) is 42.7 Å². The summed E-state index contributed by atoms with van der Waals surface area (Å²) in [6, 6.07) is 10.5. The number of aromatic nitrogens is 2. The maximum Gasteiger partial charge on any atom is 0.319 e. The fraction of sp³-hybridized carbons (Fsp3) is 0.235. The van der Waals surface area contributed by atoms with Gasteiger partial charge in [-0.3, -0.25) is 0 Å². The van der Waals surface area contributed by atoms with Gasteiger partial charge in [-0.2, -0.15) is 4.98 Å². The number of urea groups is 1. The lowest BCUT2D eigenvalue weighted by atomic mass is 10.2. The SMILES string of the molecule is CC(C)CNC(=O)Nc1cccc(-c2noc(-c3ccco3)n2)c1. The first kappa shape index (κ1) is 15.8. The molecule has 124 valence electrons. The minimum Gasteiger partial charge on any atom is -0.459 e. The average Bonchev–Trinajstić information content (AvgIpc) is 3.24. The summed E-state index contributed by atoms with van der Waals surface area (Å²) in [5.74, 6) is 1.63. The van der Waals surface area contributed by atoms with Gasteiger partial charge < -0.3 is 19.6 Å². The van der Waals surface area contributed by atoms with Gasteiger partial charge in [0.15, 0.2) is 5.76 Å². The predicted molar refractivity (Wildman–Crippen MR) is 89.3 cm³/mol. The average molecular weight is 326 g/mol. The molecule has 2 heterocycles. The van der Waals surface area contributed by atoms with Crippen molar-refractivity contribution in [3.63, 3.8) is 0 Å². The van der Waals surface area contributed by atoms with E-state index in [9.17, 15) is 4.79 Å². The molecule has 0 unspecified atom stereocenters. The molecular formula is C17H18N4O3. The summed E-state index contributed by atoms with van der Waals surface area (Å²) in [5.41, 5.74) is 1.39. The molecule has 2 aromatic heterocycles. The fourth-order valence-electron chi connectivity index (χ4n) is 2.05. The van der Waals surface area contributed by atoms with Crippen LogP contribution in [-0.2, 0) is 0 Å². The van der Waals surface area contributed by atoms with Gasteiger partial charge in [0.1, 0.15) is 0 Å². The molecule has 0 spiro atoms. The molecule has 2 amide bonds. The molecule has 0 saturated carbocycles. The van der Waals surface area contributed by atoms with Crippen molar-refractivity contribution in [2.75, 3.05) is 11.9 Å². The minimum atomic E-state index is -0.245. The van der Waals surface area contributed by atoms with E-state index in [4.69, 9.17) is 8.94 Å². The molecule has 7 heteroatoms. The van der Waals surface area contributed by atoms with Crippen LogP contribution in [0, 0.1) is 5.92 Å². The molecule has 0 bridgehead atoms. The number of amides is 2. The van der Waals surface area contributed by atoms with Gasteiger partial charge in [0.05, 0.1) is 6.26 Å². The van der Waals surface area contributed by atoms with E-state index in [1.165, 1.54) is 0 Å². The third kappa shape index (κ3) is 3.81. The van der Waals surface area contributed by atoms with Crippen LogP contribution in [0.15, 0.2) is 51.6 Å². The minimum absolute atomic E-state index is 0.245. The first-order valence-corrected chi connectivity index (χ1v) is 7.64. The summed E-state index contributed by atoms with van der Waals surface area (Å²) >= 11 is 0. The number of carbonyl (C=O) groups is 1. The molecule has 7 nitrogen and oxygen atoms in total. The molecule has 0 fully saturated rings. The third-order valence-electron chi connectivity index (χ3n) is 3.21. The molecule has 3 aromatic rings. The number of rotatable bonds is 5. The van der Waals surface area contributed by atoms with E-state index in [-0.39, 0.29) is 6.03 Å². The second-order valence-electron chi connectivity index (χ2n) is 5.71. The van der Waals surface area contributed by atoms with Crippen molar-refractivity contribution in [2.24, 2.45) is 5.92 Å². The van der Waals surface area contributed by atoms with E-state index >= 15 is 0 Å². The Balaban J connectivity index is 1.72. The van der Waals surface area contributed by atoms with Crippen molar-refractivity contribution < 1.29 is 13.7 Å². The van der Waals surface area contributed by atoms with Crippen LogP contribution in [0.25, 0.3) is 23.0 Å². The lowest BCUT2D eigenvalue weighted by Crippen LogP contribution is -2.31. The number of carbonyl (C=O) groups excluding carboxylic acids is 1. The van der Waals surface area contributed by atoms with Gasteiger partial charge in [-0.15, -0.1) is 0 Å². The second-order valence-corrected chi connectivity index (χ2v) is 5.71. The Labute approximate surface area is 139 Å². The van der Waals surface area contributed by atoms with E-state index in [1.54, 1.807) is 30.5 Å². The Hall–Kier alpha value is -3.09. The molecule has 1 aromatic carbocycles. The summed E-state index contributed by atoms with van der Waals surface area (Å²) in [6.07, 6.45) is 1.54. The summed E-state index contributed by atoms with van der Waals surface area (Å²) in [4.78, 5) is 16.1. The van der Waals surface area contributed by atoms with Crippen LogP contribution in [0.3, 0.4) is 0 Å². The van der Waals surface area contributed by atoms with E-state index in [2.05, 4.69) is 20.8 Å². The van der Waals surface area contributed by atoms with E-state index in [0.717, 1.165) is 5.56 Å². The molecule has 24 heavy (non-hydrogen) atoms. The standard InChI is InChI=1S/C17H18N4O3/c1-11(2)10-18-17(22)19-13-6-3-5-12(9-13)15-20-16(24-21-15)14-7-4-8-23-14/h3-9,11H,10H2,1-2H3,(H2,18,19,22). The Kier molecular flexibility index (Phi) is 4.60. The van der Waals surface area contributed by atoms with Crippen LogP contribution >= 0.6 is 0 Å². The van der Waals surface area contributed by atoms with Gasteiger partial charge in [-0.1, -0.05) is 31.1 Å². The first-order chi connectivity index (χ1) is 11.6. The normalized spacial score (nSPS) is 10.8. The quantitative estimate of drug-likeness (QED) is 0.744. The van der Waals surface area contributed by atoms with Gasteiger partial charge in [-0.05, 0) is 30.2 Å². The molecule has 2 N–H and O–H groups in total. The third-order valence-corrected chi connectivity index (χ3v) is 3.21. The lowest BCUT2D eigenvalue weighted by Gasteiger charge is -2.09. The van der Waals surface area contributed by atoms with E-state index < -0.39 is 0 Å². The highest BCUT2D eigenvalue weighted by Gasteiger charge is 2.13. The predicted octanol–water partition coefficient (Wildman–Crippen LogP) is 3.77. The highest BCUT2D eigenvalue weighted by atomic mass is 16.5. The van der Waals surface area contributed by atoms with Gasteiger partial charge >= 0.3 is 6.03 Å². The Morgan fingerprint density at radius 1 is 1.25 bits per heavy atom. The van der Waals surface area contributed by atoms with Crippen LogP contribution in [0.1, 0.15) is 13.8 Å². The number of anilines is 1. The van der Waals surface area contributed by atoms with Crippen molar-refractivity contribution >= 4 is 11.7 Å². The maximum atomic E-state index is 11.8. The van der Waals surface area contributed by atoms with Gasteiger partial charge in [-0.25, -0.2) is 4.79 Å². The molecule has 0 aliphatic carbocycles. The number of hydrogen-bond donors (Lipinski definition) is 2. The van der Waals surface area contributed by atoms with Crippen LogP contribution in [0.2, 0.25) is 0 Å². The monoisotopic (exact) mass is 326 g/mol. The smallest absolute Gasteiger partial charge is 0.319 e. The van der Waals surface area contributed by atoms with Crippen molar-refractivity contribution in [2.45, 2.75) is 13.8 Å². The molecule has 0 aliphatic rings. The first-order valence-electron chi connectivity index (χ1n) is 7.64. The number of benzene rings is 1. The fourth-order valence-corrected chi connectivity index (χ4v) is 2.05. The zero-order valence-electron chi connectivity index (χ0n) is 13.4. The topological polar surface area (TPSA) is 93.2 Å². The lowest BCUT2D eigenvalue weighted by molar-refractivity contribution is 0.251. The number of nitrogens with zero attached hydrogens (tertiary/aromatic N) is 2. The molecule has 0 aliphatic heterocycles. The molecule has 3 rings (SSSR count). The van der Waals surface area contributed by atoms with E-state index in [1.807, 2.05) is 26.0 Å². The molecule has 0 saturated heterocycles. The summed E-state index contributed by atoms with van der Waals surface area (Å²) in [7, 11) is 0. The maximum absolute atomic E-state index is 11.8. The summed E-state index contributed by atoms with van der Waals surface area (Å²) < 4.78 is 10.4. The van der Waals surface area contributed by atoms with Crippen LogP contribution in [-0.4, -0.2) is 22.7 Å². The van der Waals surface area contributed by atoms with Crippen LogP contribution in [0.5, 0.6) is 0 Å². The Bertz CT molecular complexity index is 809. The highest BCUT2D eigenvalue weighted by molar-refractivity contribution is 5.89. The van der Waals surface area contributed by atoms with Crippen molar-refractivity contribution in [3.8, 4) is 23.0 Å². The number of nitrogens with one attached hydrogen (secondary N) is 2. The van der Waals surface area contributed by atoms with Crippen LogP contribution in [0.4, 0.5) is 10.5 Å². The van der Waals surface area contributed by atoms with Gasteiger partial charge in [0.25, 0.3) is 5.89 Å². The molecule has 0 atom stereocenters. The van der Waals surface area contributed by atoms with Gasteiger partial charge in [0.2, 0.25) is 5.82 Å². The Morgan fingerprint density at radius 3 is 2.88 bits per heavy atom. The number of hydrogen-bond acceptors (Lipinski definition) is 5. The molecular weight excluding hydrogens is 308 g/mol. The number of furan rings is 1. The second kappa shape index (κ2) is 6.99. The summed E-state index contributed by atoms with van der Waals surface area (Å²) in [6.45, 7) is 4.68. The zero-order chi connectivity index (χ0) is 16.9. The Morgan fingerprint density at radius 2 is 2.12 bits per heavy atom. The largest absolute Gasteiger partial charge is 0.459 e. The van der Waals surface area contributed by atoms with Crippen molar-refractivity contribution in [1.29, 1.82) is 0 Å².